The van der Waals surface area contributed by atoms with Crippen molar-refractivity contribution in [2.75, 3.05) is 19.7 Å². The van der Waals surface area contributed by atoms with E-state index in [2.05, 4.69) is 10.6 Å². The first-order chi connectivity index (χ1) is 20.1. The monoisotopic (exact) mass is 620 g/mol. The van der Waals surface area contributed by atoms with Crippen LogP contribution in [0, 0.1) is 23.7 Å². The molecule has 0 radical (unpaired) electrons. The van der Waals surface area contributed by atoms with Crippen molar-refractivity contribution in [2.24, 2.45) is 23.7 Å². The number of alkyl carbamates (subject to hydrolysis) is 1. The summed E-state index contributed by atoms with van der Waals surface area (Å²) in [6.07, 6.45) is -8.71. The highest BCUT2D eigenvalue weighted by atomic mass is 16.7. The number of aliphatic hydroxyl groups is 6. The van der Waals surface area contributed by atoms with Crippen molar-refractivity contribution in [1.29, 1.82) is 0 Å². The molecular formula is C30H56N2O11. The van der Waals surface area contributed by atoms with Gasteiger partial charge in [-0.1, -0.05) is 27.7 Å². The summed E-state index contributed by atoms with van der Waals surface area (Å²) in [7, 11) is 0. The largest absolute Gasteiger partial charge is 0.444 e. The van der Waals surface area contributed by atoms with Gasteiger partial charge < -0.3 is 60.2 Å². The highest BCUT2D eigenvalue weighted by molar-refractivity contribution is 5.67. The number of carbonyl (C=O) groups excluding carboxylic acids is 1. The van der Waals surface area contributed by atoms with E-state index in [1.807, 2.05) is 20.8 Å². The minimum Gasteiger partial charge on any atom is -0.444 e. The molecule has 0 aromatic carbocycles. The van der Waals surface area contributed by atoms with Crippen LogP contribution in [0.2, 0.25) is 0 Å². The van der Waals surface area contributed by atoms with Gasteiger partial charge in [0.15, 0.2) is 6.29 Å². The van der Waals surface area contributed by atoms with Crippen LogP contribution < -0.4 is 10.6 Å². The normalized spacial score (nSPS) is 44.2. The predicted octanol–water partition coefficient (Wildman–Crippen LogP) is -0.128. The van der Waals surface area contributed by atoms with Gasteiger partial charge in [0, 0.05) is 18.4 Å². The summed E-state index contributed by atoms with van der Waals surface area (Å²) in [5.41, 5.74) is -0.608. The van der Waals surface area contributed by atoms with Crippen molar-refractivity contribution in [2.45, 2.75) is 141 Å². The molecule has 2 heterocycles. The van der Waals surface area contributed by atoms with E-state index in [1.54, 1.807) is 27.7 Å². The molecule has 2 saturated heterocycles. The second kappa shape index (κ2) is 15.4. The Balaban J connectivity index is 1.74. The summed E-state index contributed by atoms with van der Waals surface area (Å²) in [6, 6.07) is -0.721. The molecular weight excluding hydrogens is 564 g/mol. The standard InChI is InChI=1S/C30H56N2O11/c1-8-17-23(36)25(38)20(31-10-9-11-32-29(39)43-30(5,6)7)27(40-17)19-14(2)12-15(3)26(24(19)37)42-28-22(35)16(4)21(34)18(13-33)41-28/h14-28,31,33-38H,8-13H2,1-7H3,(H,32,39). The summed E-state index contributed by atoms with van der Waals surface area (Å²) in [5, 5.41) is 70.6. The molecule has 0 aromatic heterocycles. The lowest BCUT2D eigenvalue weighted by Crippen LogP contribution is -2.68. The molecule has 1 saturated carbocycles. The summed E-state index contributed by atoms with van der Waals surface area (Å²) in [6.45, 7) is 13.1. The molecule has 0 aromatic rings. The van der Waals surface area contributed by atoms with Crippen molar-refractivity contribution < 1.29 is 54.4 Å². The number of amides is 1. The fourth-order valence-corrected chi connectivity index (χ4v) is 6.80. The van der Waals surface area contributed by atoms with E-state index < -0.39 is 97.4 Å². The van der Waals surface area contributed by atoms with Gasteiger partial charge in [0.1, 0.15) is 30.0 Å². The molecule has 3 rings (SSSR count). The number of hydrogen-bond acceptors (Lipinski definition) is 12. The lowest BCUT2D eigenvalue weighted by molar-refractivity contribution is -0.320. The molecule has 2 aliphatic heterocycles. The smallest absolute Gasteiger partial charge is 0.407 e. The highest BCUT2D eigenvalue weighted by Gasteiger charge is 2.54. The van der Waals surface area contributed by atoms with Gasteiger partial charge in [-0.05, 0) is 58.4 Å². The number of hydrogen-bond donors (Lipinski definition) is 8. The third-order valence-corrected chi connectivity index (χ3v) is 9.18. The van der Waals surface area contributed by atoms with Crippen LogP contribution in [0.3, 0.4) is 0 Å². The average molecular weight is 621 g/mol. The molecule has 0 bridgehead atoms. The topological polar surface area (TPSA) is 199 Å². The van der Waals surface area contributed by atoms with Gasteiger partial charge >= 0.3 is 6.09 Å². The van der Waals surface area contributed by atoms with Crippen LogP contribution in [-0.2, 0) is 18.9 Å². The Morgan fingerprint density at radius 2 is 1.56 bits per heavy atom. The Bertz CT molecular complexity index is 874. The zero-order valence-corrected chi connectivity index (χ0v) is 26.6. The number of rotatable bonds is 10. The zero-order valence-electron chi connectivity index (χ0n) is 26.6. The summed E-state index contributed by atoms with van der Waals surface area (Å²) in [4.78, 5) is 12.0. The van der Waals surface area contributed by atoms with Crippen LogP contribution in [0.25, 0.3) is 0 Å². The Morgan fingerprint density at radius 1 is 0.884 bits per heavy atom. The van der Waals surface area contributed by atoms with E-state index in [1.165, 1.54) is 0 Å². The lowest BCUT2D eigenvalue weighted by atomic mass is 9.67. The second-order valence-electron chi connectivity index (χ2n) is 13.7. The molecule has 0 spiro atoms. The quantitative estimate of drug-likeness (QED) is 0.151. The highest BCUT2D eigenvalue weighted by Crippen LogP contribution is 2.43. The molecule has 13 nitrogen and oxygen atoms in total. The van der Waals surface area contributed by atoms with E-state index in [0.717, 1.165) is 0 Å². The third kappa shape index (κ3) is 8.78. The van der Waals surface area contributed by atoms with Gasteiger partial charge in [0.25, 0.3) is 0 Å². The van der Waals surface area contributed by atoms with Crippen LogP contribution in [0.15, 0.2) is 0 Å². The fourth-order valence-electron chi connectivity index (χ4n) is 6.80. The number of carbonyl (C=O) groups is 1. The Hall–Kier alpha value is -1.13. The first-order valence-corrected chi connectivity index (χ1v) is 15.8. The molecule has 15 atom stereocenters. The van der Waals surface area contributed by atoms with E-state index in [-0.39, 0.29) is 11.8 Å². The van der Waals surface area contributed by atoms with E-state index in [9.17, 15) is 35.4 Å². The first-order valence-electron chi connectivity index (χ1n) is 15.8. The summed E-state index contributed by atoms with van der Waals surface area (Å²) >= 11 is 0. The maximum absolute atomic E-state index is 12.0. The van der Waals surface area contributed by atoms with Crippen molar-refractivity contribution >= 4 is 6.09 Å². The molecule has 8 N–H and O–H groups in total. The van der Waals surface area contributed by atoms with Gasteiger partial charge in [0.2, 0.25) is 0 Å². The van der Waals surface area contributed by atoms with E-state index in [0.29, 0.717) is 32.4 Å². The molecule has 15 unspecified atom stereocenters. The van der Waals surface area contributed by atoms with Crippen LogP contribution in [0.1, 0.15) is 67.7 Å². The van der Waals surface area contributed by atoms with Crippen molar-refractivity contribution in [3.05, 3.63) is 0 Å². The number of nitrogens with one attached hydrogen (secondary N) is 2. The van der Waals surface area contributed by atoms with Crippen molar-refractivity contribution in [1.82, 2.24) is 10.6 Å². The zero-order chi connectivity index (χ0) is 32.2. The molecule has 13 heteroatoms. The summed E-state index contributed by atoms with van der Waals surface area (Å²) in [5.74, 6) is -1.30. The van der Waals surface area contributed by atoms with Gasteiger partial charge in [-0.25, -0.2) is 4.79 Å². The maximum atomic E-state index is 12.0. The van der Waals surface area contributed by atoms with Gasteiger partial charge in [-0.3, -0.25) is 0 Å². The molecule has 43 heavy (non-hydrogen) atoms. The Labute approximate surface area is 255 Å². The molecule has 3 aliphatic rings. The van der Waals surface area contributed by atoms with Crippen LogP contribution >= 0.6 is 0 Å². The fraction of sp³-hybridized carbons (Fsp3) is 0.967. The average Bonchev–Trinajstić information content (AvgIpc) is 2.92. The van der Waals surface area contributed by atoms with Gasteiger partial charge in [-0.15, -0.1) is 0 Å². The Kier molecular flexibility index (Phi) is 13.0. The molecule has 1 aliphatic carbocycles. The second-order valence-corrected chi connectivity index (χ2v) is 13.7. The predicted molar refractivity (Wildman–Crippen MR) is 156 cm³/mol. The molecule has 1 amide bonds. The van der Waals surface area contributed by atoms with Crippen LogP contribution in [-0.4, -0.2) is 129 Å². The number of ether oxygens (including phenoxy) is 4. The van der Waals surface area contributed by atoms with Crippen LogP contribution in [0.4, 0.5) is 4.79 Å². The third-order valence-electron chi connectivity index (χ3n) is 9.18. The van der Waals surface area contributed by atoms with E-state index >= 15 is 0 Å². The Morgan fingerprint density at radius 3 is 2.16 bits per heavy atom. The number of aliphatic hydroxyl groups excluding tert-OH is 6. The first kappa shape index (κ1) is 36.3. The van der Waals surface area contributed by atoms with Gasteiger partial charge in [0.05, 0.1) is 43.2 Å². The van der Waals surface area contributed by atoms with E-state index in [4.69, 9.17) is 18.9 Å². The van der Waals surface area contributed by atoms with Crippen molar-refractivity contribution in [3.63, 3.8) is 0 Å². The van der Waals surface area contributed by atoms with Crippen molar-refractivity contribution in [3.8, 4) is 0 Å². The lowest BCUT2D eigenvalue weighted by Gasteiger charge is -2.53. The minimum atomic E-state index is -1.17. The molecule has 252 valence electrons. The maximum Gasteiger partial charge on any atom is 0.407 e. The molecule has 3 fully saturated rings. The minimum absolute atomic E-state index is 0.0453. The van der Waals surface area contributed by atoms with Gasteiger partial charge in [-0.2, -0.15) is 0 Å². The SMILES string of the molecule is CCC1OC(C2C(C)CC(C)C(OC3OC(CO)C(O)C(C)C3O)C2O)C(NCCCNC(=O)OC(C)(C)C)C(O)C1O. The van der Waals surface area contributed by atoms with Crippen LogP contribution in [0.5, 0.6) is 0 Å². The summed E-state index contributed by atoms with van der Waals surface area (Å²) < 4.78 is 23.6.